The third-order valence-corrected chi connectivity index (χ3v) is 0.930. The first kappa shape index (κ1) is 14.5. The Morgan fingerprint density at radius 3 is 2.00 bits per heavy atom. The van der Waals surface area contributed by atoms with Gasteiger partial charge in [0, 0.05) is 6.92 Å². The molecule has 0 aliphatic rings. The number of carbonyl (C=O) groups is 1. The molecule has 4 heteroatoms. The zero-order valence-corrected chi connectivity index (χ0v) is 9.80. The van der Waals surface area contributed by atoms with Crippen LogP contribution < -0.4 is 29.6 Å². The molecule has 0 fully saturated rings. The van der Waals surface area contributed by atoms with Gasteiger partial charge in [-0.15, -0.1) is 11.6 Å². The summed E-state index contributed by atoms with van der Waals surface area (Å²) in [5, 5.41) is 8.18. The summed E-state index contributed by atoms with van der Waals surface area (Å²) in [4.78, 5) is 9.00. The summed E-state index contributed by atoms with van der Waals surface area (Å²) < 4.78 is 0. The molecule has 0 aromatic heterocycles. The topological polar surface area (TPSA) is 37.3 Å². The van der Waals surface area contributed by atoms with E-state index in [0.717, 1.165) is 11.9 Å². The van der Waals surface area contributed by atoms with Crippen LogP contribution in [0, 0.1) is 6.07 Å². The van der Waals surface area contributed by atoms with Crippen LogP contribution in [0.4, 0.5) is 0 Å². The van der Waals surface area contributed by atoms with E-state index in [1.165, 1.54) is 0 Å². The number of halogens is 1. The Bertz CT molecular complexity index is 210. The van der Waals surface area contributed by atoms with Crippen molar-refractivity contribution in [3.8, 4) is 0 Å². The molecule has 0 aliphatic heterocycles. The smallest absolute Gasteiger partial charge is 0.481 e. The molecule has 0 saturated heterocycles. The Morgan fingerprint density at radius 2 is 1.83 bits per heavy atom. The van der Waals surface area contributed by atoms with E-state index in [-0.39, 0.29) is 29.6 Å². The van der Waals surface area contributed by atoms with Crippen molar-refractivity contribution < 1.29 is 39.5 Å². The summed E-state index contributed by atoms with van der Waals surface area (Å²) in [7, 11) is 0. The summed E-state index contributed by atoms with van der Waals surface area (Å²) in [6.07, 6.45) is 0. The summed E-state index contributed by atoms with van der Waals surface area (Å²) in [6, 6.07) is 10.00. The Kier molecular flexibility index (Phi) is 11.0. The second-order valence-corrected chi connectivity index (χ2v) is 2.17. The number of carboxylic acids is 1. The fourth-order valence-corrected chi connectivity index (χ4v) is 0.493. The maximum Gasteiger partial charge on any atom is 1.00 e. The van der Waals surface area contributed by atoms with Crippen molar-refractivity contribution in [2.45, 2.75) is 6.92 Å². The van der Waals surface area contributed by atoms with Gasteiger partial charge in [-0.05, 0) is 0 Å². The van der Waals surface area contributed by atoms with E-state index in [2.05, 4.69) is 6.07 Å². The SMILES string of the molecule is CC(=O)O.Clc1cc[c-]cc1.[Na+]. The second-order valence-electron chi connectivity index (χ2n) is 1.74. The predicted octanol–water partition coefficient (Wildman–Crippen LogP) is -0.765. The molecule has 0 unspecified atom stereocenters. The Morgan fingerprint density at radius 1 is 1.50 bits per heavy atom. The molecule has 1 aromatic carbocycles. The largest absolute Gasteiger partial charge is 1.00 e. The van der Waals surface area contributed by atoms with Crippen LogP contribution in [-0.4, -0.2) is 11.1 Å². The van der Waals surface area contributed by atoms with Gasteiger partial charge in [0.1, 0.15) is 0 Å². The van der Waals surface area contributed by atoms with Crippen molar-refractivity contribution in [2.24, 2.45) is 0 Å². The van der Waals surface area contributed by atoms with Gasteiger partial charge in [0.15, 0.2) is 0 Å². The van der Waals surface area contributed by atoms with Crippen LogP contribution in [0.25, 0.3) is 0 Å². The molecule has 1 aromatic rings. The average Bonchev–Trinajstić information content (AvgIpc) is 1.87. The number of benzene rings is 1. The number of rotatable bonds is 0. The number of hydrogen-bond donors (Lipinski definition) is 1. The van der Waals surface area contributed by atoms with Crippen molar-refractivity contribution in [3.63, 3.8) is 0 Å². The predicted molar refractivity (Wildman–Crippen MR) is 43.6 cm³/mol. The van der Waals surface area contributed by atoms with Crippen LogP contribution in [0.15, 0.2) is 24.3 Å². The minimum absolute atomic E-state index is 0. The first-order valence-electron chi connectivity index (χ1n) is 2.94. The van der Waals surface area contributed by atoms with Crippen molar-refractivity contribution in [1.29, 1.82) is 0 Å². The van der Waals surface area contributed by atoms with Gasteiger partial charge in [0.25, 0.3) is 5.97 Å². The molecule has 1 rings (SSSR count). The van der Waals surface area contributed by atoms with Gasteiger partial charge in [-0.1, -0.05) is 5.02 Å². The molecule has 2 nitrogen and oxygen atoms in total. The van der Waals surface area contributed by atoms with E-state index in [1.807, 2.05) is 0 Å². The maximum atomic E-state index is 9.00. The molecule has 0 spiro atoms. The van der Waals surface area contributed by atoms with Gasteiger partial charge in [-0.25, -0.2) is 0 Å². The summed E-state index contributed by atoms with van der Waals surface area (Å²) in [5.74, 6) is -0.833. The van der Waals surface area contributed by atoms with E-state index in [4.69, 9.17) is 21.5 Å². The Hall–Kier alpha value is -0.0200. The zero-order chi connectivity index (χ0) is 8.69. The first-order chi connectivity index (χ1) is 5.13. The van der Waals surface area contributed by atoms with Gasteiger partial charge >= 0.3 is 29.6 Å². The van der Waals surface area contributed by atoms with Crippen LogP contribution in [0.5, 0.6) is 0 Å². The molecular formula is C8H8ClNaO2. The minimum Gasteiger partial charge on any atom is -0.481 e. The molecule has 0 aliphatic carbocycles. The monoisotopic (exact) mass is 194 g/mol. The Balaban J connectivity index is 0. The standard InChI is InChI=1S/C6H4Cl.C2H4O2.Na/c7-6-4-2-1-3-5-6;1-2(3)4;/h2-5H;1H3,(H,3,4);/q-1;;+1. The molecule has 0 atom stereocenters. The van der Waals surface area contributed by atoms with Crippen LogP contribution in [-0.2, 0) is 4.79 Å². The maximum absolute atomic E-state index is 9.00. The number of aliphatic carboxylic acids is 1. The normalized spacial score (nSPS) is 7.17. The van der Waals surface area contributed by atoms with Gasteiger partial charge in [-0.3, -0.25) is 4.79 Å². The van der Waals surface area contributed by atoms with Crippen molar-refractivity contribution in [3.05, 3.63) is 35.4 Å². The van der Waals surface area contributed by atoms with E-state index < -0.39 is 5.97 Å². The number of carboxylic acid groups (broad SMARTS) is 1. The van der Waals surface area contributed by atoms with Gasteiger partial charge in [0.05, 0.1) is 0 Å². The van der Waals surface area contributed by atoms with E-state index in [0.29, 0.717) is 0 Å². The molecule has 1 N–H and O–H groups in total. The first-order valence-corrected chi connectivity index (χ1v) is 3.32. The van der Waals surface area contributed by atoms with E-state index in [9.17, 15) is 0 Å². The molecular weight excluding hydrogens is 187 g/mol. The van der Waals surface area contributed by atoms with Crippen LogP contribution in [0.1, 0.15) is 6.92 Å². The minimum atomic E-state index is -0.833. The van der Waals surface area contributed by atoms with E-state index >= 15 is 0 Å². The average molecular weight is 195 g/mol. The molecule has 60 valence electrons. The summed E-state index contributed by atoms with van der Waals surface area (Å²) in [6.45, 7) is 1.08. The molecule has 0 bridgehead atoms. The van der Waals surface area contributed by atoms with Gasteiger partial charge in [0.2, 0.25) is 0 Å². The van der Waals surface area contributed by atoms with Gasteiger partial charge in [-0.2, -0.15) is 30.3 Å². The molecule has 0 amide bonds. The molecule has 12 heavy (non-hydrogen) atoms. The third-order valence-electron chi connectivity index (χ3n) is 0.678. The van der Waals surface area contributed by atoms with Crippen molar-refractivity contribution in [1.82, 2.24) is 0 Å². The third kappa shape index (κ3) is 12.6. The second kappa shape index (κ2) is 9.07. The molecule has 0 saturated carbocycles. The number of hydrogen-bond acceptors (Lipinski definition) is 1. The fourth-order valence-electron chi connectivity index (χ4n) is 0.367. The summed E-state index contributed by atoms with van der Waals surface area (Å²) >= 11 is 5.52. The summed E-state index contributed by atoms with van der Waals surface area (Å²) in [5.41, 5.74) is 0. The molecule has 0 radical (unpaired) electrons. The van der Waals surface area contributed by atoms with Crippen LogP contribution >= 0.6 is 11.6 Å². The molecule has 0 heterocycles. The quantitative estimate of drug-likeness (QED) is 0.435. The van der Waals surface area contributed by atoms with Crippen molar-refractivity contribution >= 4 is 17.6 Å². The van der Waals surface area contributed by atoms with Crippen LogP contribution in [0.2, 0.25) is 5.02 Å². The van der Waals surface area contributed by atoms with Crippen molar-refractivity contribution in [2.75, 3.05) is 0 Å². The van der Waals surface area contributed by atoms with Gasteiger partial charge < -0.3 is 5.11 Å². The van der Waals surface area contributed by atoms with E-state index in [1.54, 1.807) is 24.3 Å². The fraction of sp³-hybridized carbons (Fsp3) is 0.125. The zero-order valence-electron chi connectivity index (χ0n) is 7.04. The Labute approximate surface area is 98.8 Å². The van der Waals surface area contributed by atoms with Crippen LogP contribution in [0.3, 0.4) is 0 Å².